The van der Waals surface area contributed by atoms with Crippen LogP contribution in [0.3, 0.4) is 0 Å². The van der Waals surface area contributed by atoms with E-state index in [-0.39, 0.29) is 17.2 Å². The van der Waals surface area contributed by atoms with E-state index in [2.05, 4.69) is 0 Å². The molecule has 4 nitrogen and oxygen atoms in total. The Labute approximate surface area is 90.9 Å². The molecular formula is C9H10ClFO4. The quantitative estimate of drug-likeness (QED) is 0.812. The van der Waals surface area contributed by atoms with Crippen molar-refractivity contribution in [2.45, 2.75) is 12.5 Å². The van der Waals surface area contributed by atoms with Crippen LogP contribution in [0.2, 0.25) is 0 Å². The molecule has 0 amide bonds. The zero-order valence-electron chi connectivity index (χ0n) is 8.21. The third-order valence-corrected chi connectivity index (χ3v) is 2.53. The molecule has 1 rings (SSSR count). The van der Waals surface area contributed by atoms with Crippen LogP contribution < -0.4 is 0 Å². The number of ether oxygens (including phenoxy) is 2. The largest absolute Gasteiger partial charge is 0.498 e. The van der Waals surface area contributed by atoms with Crippen molar-refractivity contribution in [3.63, 3.8) is 0 Å². The number of hydrogen-bond acceptors (Lipinski definition) is 3. The van der Waals surface area contributed by atoms with Crippen molar-refractivity contribution in [2.75, 3.05) is 14.2 Å². The zero-order chi connectivity index (χ0) is 11.6. The van der Waals surface area contributed by atoms with E-state index in [0.29, 0.717) is 0 Å². The molecule has 84 valence electrons. The van der Waals surface area contributed by atoms with Gasteiger partial charge in [0.25, 0.3) is 0 Å². The molecule has 0 aromatic heterocycles. The lowest BCUT2D eigenvalue weighted by atomic mass is 10.0. The highest BCUT2D eigenvalue weighted by Crippen LogP contribution is 2.35. The summed E-state index contributed by atoms with van der Waals surface area (Å²) in [5.41, 5.74) is -0.591. The van der Waals surface area contributed by atoms with E-state index in [0.717, 1.165) is 0 Å². The van der Waals surface area contributed by atoms with Crippen LogP contribution in [0, 0.1) is 0 Å². The van der Waals surface area contributed by atoms with Gasteiger partial charge in [0.15, 0.2) is 5.83 Å². The molecule has 0 fully saturated rings. The molecule has 0 saturated carbocycles. The molecule has 0 radical (unpaired) electrons. The summed E-state index contributed by atoms with van der Waals surface area (Å²) in [7, 11) is 2.63. The first-order valence-corrected chi connectivity index (χ1v) is 4.49. The Hall–Kier alpha value is -1.07. The normalized spacial score (nSPS) is 22.0. The van der Waals surface area contributed by atoms with Crippen LogP contribution >= 0.6 is 11.6 Å². The van der Waals surface area contributed by atoms with E-state index in [1.165, 1.54) is 14.2 Å². The molecule has 0 aliphatic heterocycles. The van der Waals surface area contributed by atoms with Gasteiger partial charge in [0, 0.05) is 13.5 Å². The highest BCUT2D eigenvalue weighted by atomic mass is 35.5. The van der Waals surface area contributed by atoms with Gasteiger partial charge in [-0.25, -0.2) is 9.18 Å². The second-order valence-corrected chi connectivity index (χ2v) is 3.31. The molecule has 0 aromatic carbocycles. The zero-order valence-corrected chi connectivity index (χ0v) is 8.97. The third-order valence-electron chi connectivity index (χ3n) is 2.10. The van der Waals surface area contributed by atoms with Gasteiger partial charge in [0.2, 0.25) is 0 Å². The second-order valence-electron chi connectivity index (χ2n) is 2.90. The number of carbonyl (C=O) groups is 1. The van der Waals surface area contributed by atoms with Crippen LogP contribution in [0.15, 0.2) is 22.2 Å². The van der Waals surface area contributed by atoms with Crippen LogP contribution in [0.1, 0.15) is 6.42 Å². The fourth-order valence-corrected chi connectivity index (χ4v) is 1.64. The van der Waals surface area contributed by atoms with Crippen molar-refractivity contribution in [1.29, 1.82) is 0 Å². The lowest BCUT2D eigenvalue weighted by Crippen LogP contribution is -2.22. The predicted octanol–water partition coefficient (Wildman–Crippen LogP) is 1.81. The maximum Gasteiger partial charge on any atom is 0.340 e. The molecule has 0 heterocycles. The summed E-state index contributed by atoms with van der Waals surface area (Å²) in [5, 5.41) is 8.63. The lowest BCUT2D eigenvalue weighted by Gasteiger charge is -2.22. The van der Waals surface area contributed by atoms with Crippen LogP contribution in [-0.2, 0) is 14.3 Å². The first-order chi connectivity index (χ1) is 7.02. The van der Waals surface area contributed by atoms with Crippen molar-refractivity contribution in [2.24, 2.45) is 0 Å². The smallest absolute Gasteiger partial charge is 0.340 e. The van der Waals surface area contributed by atoms with E-state index in [4.69, 9.17) is 26.2 Å². The summed E-state index contributed by atoms with van der Waals surface area (Å²) >= 11 is 5.71. The van der Waals surface area contributed by atoms with E-state index >= 15 is 0 Å². The molecule has 15 heavy (non-hydrogen) atoms. The van der Waals surface area contributed by atoms with E-state index in [9.17, 15) is 9.18 Å². The van der Waals surface area contributed by atoms with Gasteiger partial charge < -0.3 is 14.6 Å². The Morgan fingerprint density at radius 3 is 2.60 bits per heavy atom. The van der Waals surface area contributed by atoms with Crippen LogP contribution in [0.5, 0.6) is 0 Å². The van der Waals surface area contributed by atoms with Crippen LogP contribution in [-0.4, -0.2) is 31.4 Å². The molecule has 0 saturated heterocycles. The highest BCUT2D eigenvalue weighted by molar-refractivity contribution is 6.32. The van der Waals surface area contributed by atoms with Crippen molar-refractivity contribution in [1.82, 2.24) is 0 Å². The first-order valence-electron chi connectivity index (χ1n) is 4.11. The summed E-state index contributed by atoms with van der Waals surface area (Å²) in [6, 6.07) is 0. The van der Waals surface area contributed by atoms with Crippen LogP contribution in [0.25, 0.3) is 0 Å². The molecule has 0 aromatic rings. The maximum absolute atomic E-state index is 13.5. The number of methoxy groups -OCH3 is 2. The number of rotatable bonds is 3. The Kier molecular flexibility index (Phi) is 3.71. The number of aliphatic carboxylic acids is 1. The van der Waals surface area contributed by atoms with Gasteiger partial charge in [0.05, 0.1) is 12.1 Å². The molecule has 1 unspecified atom stereocenters. The molecular weight excluding hydrogens is 227 g/mol. The van der Waals surface area contributed by atoms with Gasteiger partial charge >= 0.3 is 5.97 Å². The minimum absolute atomic E-state index is 0.0661. The summed E-state index contributed by atoms with van der Waals surface area (Å²) < 4.78 is 23.2. The average molecular weight is 237 g/mol. The van der Waals surface area contributed by atoms with E-state index < -0.39 is 23.5 Å². The van der Waals surface area contributed by atoms with E-state index in [1.54, 1.807) is 0 Å². The number of carboxylic acid groups (broad SMARTS) is 1. The predicted molar refractivity (Wildman–Crippen MR) is 51.1 cm³/mol. The van der Waals surface area contributed by atoms with E-state index in [1.807, 2.05) is 0 Å². The molecule has 0 spiro atoms. The number of carboxylic acids is 1. The third kappa shape index (κ3) is 2.13. The van der Waals surface area contributed by atoms with Gasteiger partial charge in [-0.1, -0.05) is 11.6 Å². The van der Waals surface area contributed by atoms with Crippen LogP contribution in [0.4, 0.5) is 4.39 Å². The van der Waals surface area contributed by atoms with Gasteiger partial charge in [-0.05, 0) is 0 Å². The maximum atomic E-state index is 13.5. The summed E-state index contributed by atoms with van der Waals surface area (Å²) in [5.74, 6) is -2.44. The van der Waals surface area contributed by atoms with Gasteiger partial charge in [-0.2, -0.15) is 0 Å². The average Bonchev–Trinajstić information content (AvgIpc) is 2.18. The monoisotopic (exact) mass is 236 g/mol. The van der Waals surface area contributed by atoms with Crippen molar-refractivity contribution in [3.05, 3.63) is 22.2 Å². The minimum Gasteiger partial charge on any atom is -0.498 e. The fraction of sp³-hybridized carbons (Fsp3) is 0.444. The molecule has 6 heteroatoms. The van der Waals surface area contributed by atoms with Gasteiger partial charge in [-0.15, -0.1) is 0 Å². The molecule has 1 aliphatic carbocycles. The van der Waals surface area contributed by atoms with Crippen molar-refractivity contribution >= 4 is 17.6 Å². The summed E-state index contributed by atoms with van der Waals surface area (Å²) in [6.07, 6.45) is -0.582. The first kappa shape index (κ1) is 12.0. The number of hydrogen-bond donors (Lipinski definition) is 1. The standard InChI is InChI=1S/C9H10ClFO4/c1-14-4-3-5(15-2)8(11)6(7(4)10)9(12)13/h4H,3H2,1-2H3,(H,12,13). The molecule has 1 atom stereocenters. The van der Waals surface area contributed by atoms with Crippen molar-refractivity contribution < 1.29 is 23.8 Å². The van der Waals surface area contributed by atoms with Crippen molar-refractivity contribution in [3.8, 4) is 0 Å². The Bertz CT molecular complexity index is 348. The molecule has 1 aliphatic rings. The molecule has 1 N–H and O–H groups in total. The summed E-state index contributed by atoms with van der Waals surface area (Å²) in [4.78, 5) is 10.8. The number of halogens is 2. The minimum atomic E-state index is -1.44. The Morgan fingerprint density at radius 1 is 1.60 bits per heavy atom. The SMILES string of the molecule is COC1=C(F)C(C(=O)O)=C(Cl)C(OC)C1. The summed E-state index contributed by atoms with van der Waals surface area (Å²) in [6.45, 7) is 0. The topological polar surface area (TPSA) is 55.8 Å². The Morgan fingerprint density at radius 2 is 2.20 bits per heavy atom. The highest BCUT2D eigenvalue weighted by Gasteiger charge is 2.33. The Balaban J connectivity index is 3.23. The van der Waals surface area contributed by atoms with Gasteiger partial charge in [-0.3, -0.25) is 0 Å². The second kappa shape index (κ2) is 4.63. The van der Waals surface area contributed by atoms with Gasteiger partial charge in [0.1, 0.15) is 17.4 Å². The molecule has 0 bridgehead atoms. The lowest BCUT2D eigenvalue weighted by molar-refractivity contribution is -0.132. The fourth-order valence-electron chi connectivity index (χ4n) is 1.31.